The van der Waals surface area contributed by atoms with Crippen LogP contribution in [0.5, 0.6) is 0 Å². The van der Waals surface area contributed by atoms with Crippen molar-refractivity contribution in [3.63, 3.8) is 0 Å². The molecule has 1 fully saturated rings. The summed E-state index contributed by atoms with van der Waals surface area (Å²) in [6.07, 6.45) is -1.38. The highest BCUT2D eigenvalue weighted by Gasteiger charge is 2.57. The number of aromatic nitrogens is 2. The molecule has 1 aliphatic rings. The Kier molecular flexibility index (Phi) is 9.97. The van der Waals surface area contributed by atoms with Gasteiger partial charge in [-0.15, -0.1) is 5.16 Å². The first kappa shape index (κ1) is 33.0. The molecule has 1 amide bonds. The topological polar surface area (TPSA) is 113 Å². The summed E-state index contributed by atoms with van der Waals surface area (Å²) in [5.41, 5.74) is 0.404. The number of carbonyl (C=O) groups excluding carboxylic acids is 1. The molecule has 3 aromatic carbocycles. The van der Waals surface area contributed by atoms with E-state index in [1.807, 2.05) is 42.5 Å². The Hall–Kier alpha value is -4.42. The molecule has 1 aliphatic heterocycles. The monoisotopic (exact) mass is 640 g/mol. The van der Waals surface area contributed by atoms with Gasteiger partial charge in [-0.05, 0) is 34.5 Å². The molecule has 0 saturated carbocycles. The number of hydrogen-bond donors (Lipinski definition) is 1. The van der Waals surface area contributed by atoms with Crippen molar-refractivity contribution >= 4 is 37.1 Å². The fourth-order valence-electron chi connectivity index (χ4n) is 6.13. The third kappa shape index (κ3) is 6.45. The average molecular weight is 641 g/mol. The van der Waals surface area contributed by atoms with Crippen LogP contribution in [-0.2, 0) is 18.7 Å². The molecule has 46 heavy (non-hydrogen) atoms. The Balaban J connectivity index is 1.56. The van der Waals surface area contributed by atoms with Crippen LogP contribution in [0.4, 0.5) is 5.82 Å². The summed E-state index contributed by atoms with van der Waals surface area (Å²) < 4.78 is 21.4. The van der Waals surface area contributed by atoms with Gasteiger partial charge in [0.1, 0.15) is 30.7 Å². The lowest BCUT2D eigenvalue weighted by Gasteiger charge is -2.45. The number of nitrogens with one attached hydrogen (secondary N) is 1. The van der Waals surface area contributed by atoms with Crippen molar-refractivity contribution in [3.8, 4) is 0 Å². The number of benzene rings is 3. The molecule has 1 aromatic heterocycles. The van der Waals surface area contributed by atoms with Crippen LogP contribution in [-0.4, -0.2) is 62.5 Å². The van der Waals surface area contributed by atoms with Gasteiger partial charge in [-0.1, -0.05) is 99.6 Å². The number of methoxy groups -OCH3 is 1. The van der Waals surface area contributed by atoms with Crippen LogP contribution in [0.25, 0.3) is 0 Å². The van der Waals surface area contributed by atoms with E-state index in [-0.39, 0.29) is 23.4 Å². The van der Waals surface area contributed by atoms with E-state index in [1.54, 1.807) is 44.5 Å². The Morgan fingerprint density at radius 3 is 2.07 bits per heavy atom. The molecule has 0 spiro atoms. The Labute approximate surface area is 270 Å². The minimum Gasteiger partial charge on any atom is -0.399 e. The second-order valence-corrected chi connectivity index (χ2v) is 16.5. The van der Waals surface area contributed by atoms with E-state index in [0.29, 0.717) is 11.1 Å². The van der Waals surface area contributed by atoms with Gasteiger partial charge in [0.25, 0.3) is 14.2 Å². The molecule has 4 aromatic rings. The minimum absolute atomic E-state index is 0.0229. The van der Waals surface area contributed by atoms with Crippen molar-refractivity contribution in [1.29, 1.82) is 0 Å². The first-order valence-corrected chi connectivity index (χ1v) is 17.0. The van der Waals surface area contributed by atoms with Crippen LogP contribution in [0.2, 0.25) is 5.04 Å². The summed E-state index contributed by atoms with van der Waals surface area (Å²) in [6, 6.07) is 29.2. The molecule has 5 rings (SSSR count). The number of hydrogen-bond acceptors (Lipinski definition) is 8. The summed E-state index contributed by atoms with van der Waals surface area (Å²) in [5, 5.41) is 8.19. The van der Waals surface area contributed by atoms with Gasteiger partial charge in [-0.2, -0.15) is 4.98 Å². The molecule has 0 bridgehead atoms. The highest BCUT2D eigenvalue weighted by Crippen LogP contribution is 2.42. The summed E-state index contributed by atoms with van der Waals surface area (Å²) in [5.74, 6) is -0.203. The normalized spacial score (nSPS) is 19.8. The minimum atomic E-state index is -3.08. The summed E-state index contributed by atoms with van der Waals surface area (Å²) in [6.45, 7) is 11.8. The smallest absolute Gasteiger partial charge is 0.351 e. The highest BCUT2D eigenvalue weighted by molar-refractivity contribution is 6.99. The zero-order valence-electron chi connectivity index (χ0n) is 26.8. The zero-order valence-corrected chi connectivity index (χ0v) is 27.8. The number of oxime groups is 1. The lowest BCUT2D eigenvalue weighted by molar-refractivity contribution is -0.0713. The van der Waals surface area contributed by atoms with Gasteiger partial charge in [-0.25, -0.2) is 4.79 Å². The maximum absolute atomic E-state index is 13.5. The van der Waals surface area contributed by atoms with Gasteiger partial charge in [-0.3, -0.25) is 9.36 Å². The summed E-state index contributed by atoms with van der Waals surface area (Å²) in [7, 11) is -1.51. The molecule has 2 heterocycles. The number of carbonyl (C=O) groups is 1. The molecular formula is C35H40N4O6Si. The van der Waals surface area contributed by atoms with Crippen LogP contribution in [0, 0.1) is 6.92 Å². The fraction of sp³-hybridized carbons (Fsp3) is 0.314. The second-order valence-electron chi connectivity index (χ2n) is 12.2. The van der Waals surface area contributed by atoms with E-state index in [1.165, 1.54) is 4.57 Å². The number of nitrogens with zero attached hydrogens (tertiary/aromatic N) is 3. The Bertz CT molecular complexity index is 1660. The molecule has 4 atom stereocenters. The van der Waals surface area contributed by atoms with E-state index in [4.69, 9.17) is 18.7 Å². The molecule has 0 aliphatic carbocycles. The second kappa shape index (κ2) is 13.9. The molecule has 0 radical (unpaired) electrons. The standard InChI is InChI=1S/C35H40N4O6Si/c1-24-22-39(34(41)38-31(24)37-32(40)25-16-10-7-11-17-25)33-30(42-6)29(28(44-33)23-43-36-5)45-46(35(2,3)4,26-18-12-8-13-19-26)27-20-14-9-15-21-27/h7-22,28-30,33H,5,23H2,1-4,6H3,(H,37,38,40,41)/t28-,29-,30-,33-/m1/s1. The fourth-order valence-corrected chi connectivity index (χ4v) is 10.8. The van der Waals surface area contributed by atoms with Crippen LogP contribution in [0.3, 0.4) is 0 Å². The molecule has 1 N–H and O–H groups in total. The molecular weight excluding hydrogens is 600 g/mol. The van der Waals surface area contributed by atoms with E-state index in [9.17, 15) is 9.59 Å². The molecule has 10 nitrogen and oxygen atoms in total. The van der Waals surface area contributed by atoms with Crippen molar-refractivity contribution in [3.05, 3.63) is 119 Å². The largest absolute Gasteiger partial charge is 0.399 e. The quantitative estimate of drug-likeness (QED) is 0.148. The van der Waals surface area contributed by atoms with Crippen molar-refractivity contribution < 1.29 is 23.5 Å². The van der Waals surface area contributed by atoms with Gasteiger partial charge in [0.05, 0.1) is 0 Å². The van der Waals surface area contributed by atoms with Gasteiger partial charge in [0, 0.05) is 31.2 Å². The predicted molar refractivity (Wildman–Crippen MR) is 180 cm³/mol. The summed E-state index contributed by atoms with van der Waals surface area (Å²) in [4.78, 5) is 36.0. The van der Waals surface area contributed by atoms with Crippen molar-refractivity contribution in [2.24, 2.45) is 5.16 Å². The Morgan fingerprint density at radius 2 is 1.54 bits per heavy atom. The zero-order chi connectivity index (χ0) is 32.9. The Morgan fingerprint density at radius 1 is 0.978 bits per heavy atom. The number of ether oxygens (including phenoxy) is 2. The van der Waals surface area contributed by atoms with Gasteiger partial charge in [0.2, 0.25) is 0 Å². The average Bonchev–Trinajstić information content (AvgIpc) is 3.41. The number of anilines is 1. The maximum Gasteiger partial charge on any atom is 0.351 e. The maximum atomic E-state index is 13.5. The van der Waals surface area contributed by atoms with Crippen LogP contribution >= 0.6 is 0 Å². The van der Waals surface area contributed by atoms with E-state index < -0.39 is 38.5 Å². The molecule has 1 saturated heterocycles. The predicted octanol–water partition coefficient (Wildman–Crippen LogP) is 4.29. The van der Waals surface area contributed by atoms with Crippen LogP contribution < -0.4 is 21.4 Å². The van der Waals surface area contributed by atoms with Crippen molar-refractivity contribution in [1.82, 2.24) is 9.55 Å². The third-order valence-electron chi connectivity index (χ3n) is 8.29. The number of aryl methyl sites for hydroxylation is 1. The van der Waals surface area contributed by atoms with Crippen LogP contribution in [0.1, 0.15) is 42.9 Å². The lowest BCUT2D eigenvalue weighted by atomic mass is 10.1. The highest BCUT2D eigenvalue weighted by atomic mass is 28.4. The number of rotatable bonds is 11. The van der Waals surface area contributed by atoms with Gasteiger partial charge < -0.3 is 24.1 Å². The van der Waals surface area contributed by atoms with E-state index in [2.05, 4.69) is 67.2 Å². The van der Waals surface area contributed by atoms with E-state index >= 15 is 0 Å². The lowest BCUT2D eigenvalue weighted by Crippen LogP contribution is -2.69. The molecule has 11 heteroatoms. The molecule has 0 unspecified atom stereocenters. The van der Waals surface area contributed by atoms with E-state index in [0.717, 1.165) is 10.4 Å². The van der Waals surface area contributed by atoms with Crippen LogP contribution in [0.15, 0.2) is 107 Å². The first-order valence-electron chi connectivity index (χ1n) is 15.1. The summed E-state index contributed by atoms with van der Waals surface area (Å²) >= 11 is 0. The van der Waals surface area contributed by atoms with Gasteiger partial charge in [0.15, 0.2) is 6.23 Å². The molecule has 240 valence electrons. The van der Waals surface area contributed by atoms with Crippen molar-refractivity contribution in [2.75, 3.05) is 19.0 Å². The SMILES string of the molecule is C=NOC[C@H]1O[C@@H](n2cc(C)c(NC(=O)c3ccccc3)nc2=O)[C@H](OC)[C@@H]1O[Si](c1ccccc1)(c1ccccc1)C(C)(C)C. The third-order valence-corrected chi connectivity index (χ3v) is 13.3. The first-order chi connectivity index (χ1) is 22.1. The number of amides is 1. The van der Waals surface area contributed by atoms with Gasteiger partial charge >= 0.3 is 5.69 Å². The van der Waals surface area contributed by atoms with Crippen molar-refractivity contribution in [2.45, 2.75) is 57.3 Å².